The van der Waals surface area contributed by atoms with Gasteiger partial charge < -0.3 is 10.4 Å². The first-order valence-corrected chi connectivity index (χ1v) is 6.38. The Balaban J connectivity index is 2.23. The zero-order chi connectivity index (χ0) is 14.7. The fraction of sp³-hybridized carbons (Fsp3) is 0.0769. The first kappa shape index (κ1) is 14.1. The van der Waals surface area contributed by atoms with Crippen molar-refractivity contribution < 1.29 is 23.5 Å². The lowest BCUT2D eigenvalue weighted by atomic mass is 10.1. The molecule has 1 aromatic carbocycles. The molecule has 0 saturated carbocycles. The molecule has 2 rings (SSSR count). The minimum Gasteiger partial charge on any atom is -0.479 e. The minimum atomic E-state index is -1.26. The summed E-state index contributed by atoms with van der Waals surface area (Å²) in [5, 5.41) is 13.0. The molecule has 1 amide bonds. The summed E-state index contributed by atoms with van der Waals surface area (Å²) in [5.74, 6) is -3.92. The number of carboxylic acid groups (broad SMARTS) is 1. The molecule has 0 radical (unpaired) electrons. The van der Waals surface area contributed by atoms with Crippen molar-refractivity contribution in [2.24, 2.45) is 0 Å². The van der Waals surface area contributed by atoms with Crippen molar-refractivity contribution in [2.75, 3.05) is 0 Å². The first-order valence-electron chi connectivity index (χ1n) is 5.50. The molecule has 2 aromatic rings. The van der Waals surface area contributed by atoms with Crippen LogP contribution < -0.4 is 5.32 Å². The molecule has 1 aromatic heterocycles. The predicted molar refractivity (Wildman–Crippen MR) is 68.5 cm³/mol. The number of carbonyl (C=O) groups is 2. The molecular formula is C13H9F2NO3S. The molecule has 1 heterocycles. The van der Waals surface area contributed by atoms with Crippen LogP contribution >= 0.6 is 11.3 Å². The van der Waals surface area contributed by atoms with Gasteiger partial charge in [-0.2, -0.15) is 0 Å². The fourth-order valence-corrected chi connectivity index (χ4v) is 2.38. The van der Waals surface area contributed by atoms with E-state index in [0.29, 0.717) is 10.9 Å². The number of carbonyl (C=O) groups excluding carboxylic acids is 1. The molecule has 0 spiro atoms. The van der Waals surface area contributed by atoms with Crippen LogP contribution in [0.15, 0.2) is 35.7 Å². The van der Waals surface area contributed by atoms with E-state index < -0.39 is 29.6 Å². The Kier molecular flexibility index (Phi) is 4.09. The van der Waals surface area contributed by atoms with Crippen LogP contribution in [0.2, 0.25) is 0 Å². The van der Waals surface area contributed by atoms with Gasteiger partial charge in [0.2, 0.25) is 0 Å². The second kappa shape index (κ2) is 5.79. The maximum atomic E-state index is 13.0. The maximum Gasteiger partial charge on any atom is 0.331 e. The highest BCUT2D eigenvalue weighted by atomic mass is 32.1. The van der Waals surface area contributed by atoms with E-state index in [9.17, 15) is 18.4 Å². The third kappa shape index (κ3) is 3.18. The Morgan fingerprint density at radius 3 is 2.35 bits per heavy atom. The Labute approximate surface area is 116 Å². The zero-order valence-corrected chi connectivity index (χ0v) is 10.8. The second-order valence-corrected chi connectivity index (χ2v) is 4.90. The van der Waals surface area contributed by atoms with Crippen LogP contribution in [0.4, 0.5) is 8.78 Å². The van der Waals surface area contributed by atoms with Crippen molar-refractivity contribution in [1.29, 1.82) is 0 Å². The molecule has 0 saturated heterocycles. The summed E-state index contributed by atoms with van der Waals surface area (Å²) in [6.45, 7) is 0. The van der Waals surface area contributed by atoms with Crippen LogP contribution in [0, 0.1) is 11.6 Å². The van der Waals surface area contributed by atoms with Crippen LogP contribution in [0.3, 0.4) is 0 Å². The molecule has 1 atom stereocenters. The summed E-state index contributed by atoms with van der Waals surface area (Å²) in [5.41, 5.74) is -0.273. The molecule has 4 nitrogen and oxygen atoms in total. The van der Waals surface area contributed by atoms with E-state index in [4.69, 9.17) is 5.11 Å². The molecule has 1 unspecified atom stereocenters. The van der Waals surface area contributed by atoms with Crippen LogP contribution in [-0.4, -0.2) is 17.0 Å². The molecule has 20 heavy (non-hydrogen) atoms. The third-order valence-electron chi connectivity index (χ3n) is 2.47. The van der Waals surface area contributed by atoms with Crippen LogP contribution in [0.5, 0.6) is 0 Å². The van der Waals surface area contributed by atoms with Gasteiger partial charge >= 0.3 is 5.97 Å². The van der Waals surface area contributed by atoms with Gasteiger partial charge in [-0.05, 0) is 23.6 Å². The molecular weight excluding hydrogens is 288 g/mol. The number of halogens is 2. The zero-order valence-electron chi connectivity index (χ0n) is 9.97. The van der Waals surface area contributed by atoms with Crippen LogP contribution in [0.25, 0.3) is 0 Å². The quantitative estimate of drug-likeness (QED) is 0.911. The van der Waals surface area contributed by atoms with Crippen molar-refractivity contribution in [2.45, 2.75) is 6.04 Å². The van der Waals surface area contributed by atoms with Crippen LogP contribution in [0.1, 0.15) is 21.3 Å². The largest absolute Gasteiger partial charge is 0.479 e. The van der Waals surface area contributed by atoms with E-state index in [-0.39, 0.29) is 5.56 Å². The Hall–Kier alpha value is -2.28. The molecule has 0 aliphatic carbocycles. The van der Waals surface area contributed by atoms with Gasteiger partial charge in [0, 0.05) is 16.5 Å². The second-order valence-electron chi connectivity index (χ2n) is 3.92. The highest BCUT2D eigenvalue weighted by molar-refractivity contribution is 7.10. The fourth-order valence-electron chi connectivity index (χ4n) is 1.61. The molecule has 7 heteroatoms. The van der Waals surface area contributed by atoms with E-state index in [1.54, 1.807) is 17.5 Å². The molecule has 0 aliphatic heterocycles. The average Bonchev–Trinajstić information content (AvgIpc) is 2.87. The minimum absolute atomic E-state index is 0.273. The predicted octanol–water partition coefficient (Wildman–Crippen LogP) is 2.58. The Morgan fingerprint density at radius 1 is 1.20 bits per heavy atom. The van der Waals surface area contributed by atoms with Gasteiger partial charge in [0.05, 0.1) is 0 Å². The lowest BCUT2D eigenvalue weighted by Crippen LogP contribution is -2.33. The number of hydrogen-bond acceptors (Lipinski definition) is 3. The van der Waals surface area contributed by atoms with Gasteiger partial charge in [0.15, 0.2) is 6.04 Å². The highest BCUT2D eigenvalue weighted by Gasteiger charge is 2.24. The molecule has 0 bridgehead atoms. The van der Waals surface area contributed by atoms with Gasteiger partial charge in [-0.1, -0.05) is 6.07 Å². The molecule has 0 aliphatic rings. The monoisotopic (exact) mass is 297 g/mol. The van der Waals surface area contributed by atoms with Crippen molar-refractivity contribution in [1.82, 2.24) is 5.32 Å². The SMILES string of the molecule is O=C(NC(C(=O)O)c1cccs1)c1cc(F)cc(F)c1. The van der Waals surface area contributed by atoms with E-state index in [1.807, 2.05) is 0 Å². The number of benzene rings is 1. The van der Waals surface area contributed by atoms with Gasteiger partial charge in [-0.3, -0.25) is 4.79 Å². The van der Waals surface area contributed by atoms with Crippen molar-refractivity contribution in [3.05, 3.63) is 57.8 Å². The van der Waals surface area contributed by atoms with Gasteiger partial charge in [-0.15, -0.1) is 11.3 Å². The maximum absolute atomic E-state index is 13.0. The van der Waals surface area contributed by atoms with E-state index in [1.165, 1.54) is 0 Å². The number of aliphatic carboxylic acids is 1. The standard InChI is InChI=1S/C13H9F2NO3S/c14-8-4-7(5-9(15)6-8)12(17)16-11(13(18)19)10-2-1-3-20-10/h1-6,11H,(H,16,17)(H,18,19). The Morgan fingerprint density at radius 2 is 1.85 bits per heavy atom. The average molecular weight is 297 g/mol. The number of hydrogen-bond donors (Lipinski definition) is 2. The lowest BCUT2D eigenvalue weighted by molar-refractivity contribution is -0.139. The van der Waals surface area contributed by atoms with E-state index in [0.717, 1.165) is 23.5 Å². The van der Waals surface area contributed by atoms with Crippen molar-refractivity contribution >= 4 is 23.2 Å². The summed E-state index contributed by atoms with van der Waals surface area (Å²) in [7, 11) is 0. The van der Waals surface area contributed by atoms with Gasteiger partial charge in [-0.25, -0.2) is 13.6 Å². The summed E-state index contributed by atoms with van der Waals surface area (Å²) in [6, 6.07) is 4.25. The number of amides is 1. The molecule has 104 valence electrons. The van der Waals surface area contributed by atoms with Gasteiger partial charge in [0.25, 0.3) is 5.91 Å². The molecule has 2 N–H and O–H groups in total. The van der Waals surface area contributed by atoms with Gasteiger partial charge in [0.1, 0.15) is 11.6 Å². The van der Waals surface area contributed by atoms with Crippen molar-refractivity contribution in [3.63, 3.8) is 0 Å². The third-order valence-corrected chi connectivity index (χ3v) is 3.41. The van der Waals surface area contributed by atoms with Crippen LogP contribution in [-0.2, 0) is 4.79 Å². The summed E-state index contributed by atoms with van der Waals surface area (Å²) in [4.78, 5) is 23.4. The van der Waals surface area contributed by atoms with E-state index in [2.05, 4.69) is 5.32 Å². The number of carboxylic acids is 1. The van der Waals surface area contributed by atoms with E-state index >= 15 is 0 Å². The summed E-state index contributed by atoms with van der Waals surface area (Å²) < 4.78 is 26.0. The topological polar surface area (TPSA) is 66.4 Å². The summed E-state index contributed by atoms with van der Waals surface area (Å²) in [6.07, 6.45) is 0. The lowest BCUT2D eigenvalue weighted by Gasteiger charge is -2.13. The smallest absolute Gasteiger partial charge is 0.331 e. The first-order chi connectivity index (χ1) is 9.47. The highest BCUT2D eigenvalue weighted by Crippen LogP contribution is 2.20. The number of nitrogens with one attached hydrogen (secondary N) is 1. The Bertz CT molecular complexity index is 623. The number of rotatable bonds is 4. The summed E-state index contributed by atoms with van der Waals surface area (Å²) >= 11 is 1.16. The number of thiophene rings is 1. The molecule has 0 fully saturated rings. The normalized spacial score (nSPS) is 11.9. The van der Waals surface area contributed by atoms with Crippen molar-refractivity contribution in [3.8, 4) is 0 Å².